The zero-order chi connectivity index (χ0) is 17.3. The first-order valence-electron chi connectivity index (χ1n) is 7.81. The number of benzene rings is 2. The maximum Gasteiger partial charge on any atom is 0.707 e. The van der Waals surface area contributed by atoms with Gasteiger partial charge in [-0.3, -0.25) is 0 Å². The predicted octanol–water partition coefficient (Wildman–Crippen LogP) is 3.06. The van der Waals surface area contributed by atoms with Gasteiger partial charge >= 0.3 is 7.32 Å². The Balaban J connectivity index is 1.94. The molecule has 0 bridgehead atoms. The molecule has 0 radical (unpaired) electrons. The van der Waals surface area contributed by atoms with Crippen molar-refractivity contribution in [2.75, 3.05) is 6.61 Å². The molecule has 1 aliphatic rings. The van der Waals surface area contributed by atoms with Crippen LogP contribution in [0.4, 0.5) is 8.78 Å². The second-order valence-corrected chi connectivity index (χ2v) is 5.63. The molecular formula is C17H17BF2O4. The van der Waals surface area contributed by atoms with Crippen LogP contribution < -0.4 is 9.39 Å². The van der Waals surface area contributed by atoms with Crippen LogP contribution >= 0.6 is 0 Å². The molecule has 1 aliphatic carbocycles. The lowest BCUT2D eigenvalue weighted by molar-refractivity contribution is 0.281. The normalized spacial score (nSPS) is 11.9. The fourth-order valence-corrected chi connectivity index (χ4v) is 2.87. The van der Waals surface area contributed by atoms with Crippen LogP contribution in [-0.2, 0) is 6.42 Å². The number of rotatable bonds is 6. The van der Waals surface area contributed by atoms with Crippen LogP contribution in [0.1, 0.15) is 30.9 Å². The van der Waals surface area contributed by atoms with Crippen molar-refractivity contribution in [2.24, 2.45) is 0 Å². The molecule has 2 aromatic carbocycles. The second kappa shape index (κ2) is 6.79. The summed E-state index contributed by atoms with van der Waals surface area (Å²) in [4.78, 5) is 0. The molecule has 2 N–H and O–H groups in total. The standard InChI is InChI=1S/C17H17BF2O4/c1-2-3-8-23-14-6-4-10-11-5-7-15(24-18(21)22)17(20)13(11)9-12(10)16(14)19/h4-7,21-22H,2-3,8-9H2,1H3. The Hall–Kier alpha value is -2.12. The van der Waals surface area contributed by atoms with Gasteiger partial charge in [-0.1, -0.05) is 25.5 Å². The molecule has 24 heavy (non-hydrogen) atoms. The van der Waals surface area contributed by atoms with Crippen molar-refractivity contribution in [2.45, 2.75) is 26.2 Å². The highest BCUT2D eigenvalue weighted by atomic mass is 19.1. The summed E-state index contributed by atoms with van der Waals surface area (Å²) in [7, 11) is -2.11. The first-order valence-corrected chi connectivity index (χ1v) is 7.81. The molecule has 0 fully saturated rings. The minimum Gasteiger partial charge on any atom is -0.510 e. The van der Waals surface area contributed by atoms with E-state index < -0.39 is 19.0 Å². The second-order valence-electron chi connectivity index (χ2n) is 5.63. The molecule has 0 unspecified atom stereocenters. The molecule has 0 spiro atoms. The van der Waals surface area contributed by atoms with Crippen LogP contribution in [0.15, 0.2) is 24.3 Å². The predicted molar refractivity (Wildman–Crippen MR) is 85.8 cm³/mol. The number of hydrogen-bond donors (Lipinski definition) is 2. The summed E-state index contributed by atoms with van der Waals surface area (Å²) in [6, 6.07) is 6.15. The molecule has 4 nitrogen and oxygen atoms in total. The van der Waals surface area contributed by atoms with Gasteiger partial charge < -0.3 is 19.4 Å². The summed E-state index contributed by atoms with van der Waals surface area (Å²) in [5.41, 5.74) is 1.83. The summed E-state index contributed by atoms with van der Waals surface area (Å²) in [5, 5.41) is 17.7. The summed E-state index contributed by atoms with van der Waals surface area (Å²) in [6.45, 7) is 2.45. The van der Waals surface area contributed by atoms with E-state index in [0.717, 1.165) is 12.8 Å². The van der Waals surface area contributed by atoms with E-state index in [9.17, 15) is 8.78 Å². The van der Waals surface area contributed by atoms with E-state index in [2.05, 4.69) is 4.65 Å². The van der Waals surface area contributed by atoms with Gasteiger partial charge in [-0.25, -0.2) is 8.78 Å². The smallest absolute Gasteiger partial charge is 0.510 e. The van der Waals surface area contributed by atoms with E-state index >= 15 is 0 Å². The van der Waals surface area contributed by atoms with Crippen molar-refractivity contribution in [3.8, 4) is 22.6 Å². The molecule has 0 atom stereocenters. The molecule has 2 aromatic rings. The van der Waals surface area contributed by atoms with Crippen molar-refractivity contribution in [1.29, 1.82) is 0 Å². The summed E-state index contributed by atoms with van der Waals surface area (Å²) in [5.74, 6) is -1.32. The van der Waals surface area contributed by atoms with Crippen LogP contribution in [0.25, 0.3) is 11.1 Å². The minimum atomic E-state index is -2.11. The van der Waals surface area contributed by atoms with Gasteiger partial charge in [-0.2, -0.15) is 0 Å². The maximum absolute atomic E-state index is 14.6. The fraction of sp³-hybridized carbons (Fsp3) is 0.294. The number of halogens is 2. The van der Waals surface area contributed by atoms with Gasteiger partial charge in [0.2, 0.25) is 0 Å². The van der Waals surface area contributed by atoms with Gasteiger partial charge in [0.1, 0.15) is 5.75 Å². The van der Waals surface area contributed by atoms with Crippen LogP contribution in [0.2, 0.25) is 0 Å². The van der Waals surface area contributed by atoms with E-state index in [1.807, 2.05) is 6.92 Å². The van der Waals surface area contributed by atoms with Gasteiger partial charge in [0.05, 0.1) is 6.61 Å². The van der Waals surface area contributed by atoms with Crippen LogP contribution in [-0.4, -0.2) is 24.0 Å². The quantitative estimate of drug-likeness (QED) is 0.537. The fourth-order valence-electron chi connectivity index (χ4n) is 2.87. The SMILES string of the molecule is CCCCOc1ccc2c(c1F)Cc1c-2ccc(OB(O)O)c1F. The molecule has 126 valence electrons. The van der Waals surface area contributed by atoms with Crippen molar-refractivity contribution >= 4 is 7.32 Å². The van der Waals surface area contributed by atoms with Crippen molar-refractivity contribution in [3.63, 3.8) is 0 Å². The molecule has 0 aromatic heterocycles. The number of hydrogen-bond acceptors (Lipinski definition) is 4. The minimum absolute atomic E-state index is 0.0615. The molecular weight excluding hydrogens is 317 g/mol. The number of unbranched alkanes of at least 4 members (excludes halogenated alkanes) is 1. The Bertz CT molecular complexity index is 765. The lowest BCUT2D eigenvalue weighted by Gasteiger charge is -2.10. The first-order chi connectivity index (χ1) is 11.5. The van der Waals surface area contributed by atoms with Crippen LogP contribution in [0, 0.1) is 11.6 Å². The zero-order valence-corrected chi connectivity index (χ0v) is 13.2. The summed E-state index contributed by atoms with van der Waals surface area (Å²) in [6.07, 6.45) is 1.84. The Morgan fingerprint density at radius 3 is 2.17 bits per heavy atom. The third-order valence-corrected chi connectivity index (χ3v) is 4.05. The Kier molecular flexibility index (Phi) is 4.73. The average molecular weight is 334 g/mol. The van der Waals surface area contributed by atoms with Crippen molar-refractivity contribution in [3.05, 3.63) is 47.0 Å². The monoisotopic (exact) mass is 334 g/mol. The van der Waals surface area contributed by atoms with Gasteiger partial charge in [0.15, 0.2) is 17.4 Å². The molecule has 3 rings (SSSR count). The highest BCUT2D eigenvalue weighted by molar-refractivity contribution is 6.33. The van der Waals surface area contributed by atoms with Crippen LogP contribution in [0.3, 0.4) is 0 Å². The molecule has 0 aliphatic heterocycles. The van der Waals surface area contributed by atoms with Crippen LogP contribution in [0.5, 0.6) is 11.5 Å². The molecule has 7 heteroatoms. The van der Waals surface area contributed by atoms with Gasteiger partial charge in [0, 0.05) is 17.5 Å². The van der Waals surface area contributed by atoms with E-state index in [0.29, 0.717) is 23.3 Å². The summed E-state index contributed by atoms with van der Waals surface area (Å²) >= 11 is 0. The van der Waals surface area contributed by atoms with E-state index in [4.69, 9.17) is 14.8 Å². The van der Waals surface area contributed by atoms with E-state index in [1.165, 1.54) is 6.07 Å². The number of ether oxygens (including phenoxy) is 1. The lowest BCUT2D eigenvalue weighted by Crippen LogP contribution is -2.21. The van der Waals surface area contributed by atoms with E-state index in [-0.39, 0.29) is 23.5 Å². The number of fused-ring (bicyclic) bond motifs is 3. The largest absolute Gasteiger partial charge is 0.707 e. The topological polar surface area (TPSA) is 58.9 Å². The van der Waals surface area contributed by atoms with Gasteiger partial charge in [-0.15, -0.1) is 0 Å². The lowest BCUT2D eigenvalue weighted by atomic mass is 10.0. The molecule has 0 saturated heterocycles. The highest BCUT2D eigenvalue weighted by Gasteiger charge is 2.29. The zero-order valence-electron chi connectivity index (χ0n) is 13.2. The Morgan fingerprint density at radius 2 is 1.58 bits per heavy atom. The first kappa shape index (κ1) is 16.7. The Morgan fingerprint density at radius 1 is 1.00 bits per heavy atom. The van der Waals surface area contributed by atoms with Crippen molar-refractivity contribution in [1.82, 2.24) is 0 Å². The third kappa shape index (κ3) is 2.97. The Labute approximate surface area is 138 Å². The van der Waals surface area contributed by atoms with E-state index in [1.54, 1.807) is 18.2 Å². The molecule has 0 amide bonds. The summed E-state index contributed by atoms with van der Waals surface area (Å²) < 4.78 is 39.2. The highest BCUT2D eigenvalue weighted by Crippen LogP contribution is 2.43. The average Bonchev–Trinajstić information content (AvgIpc) is 2.92. The molecule has 0 heterocycles. The van der Waals surface area contributed by atoms with Gasteiger partial charge in [-0.05, 0) is 29.7 Å². The third-order valence-electron chi connectivity index (χ3n) is 4.05. The van der Waals surface area contributed by atoms with Gasteiger partial charge in [0.25, 0.3) is 0 Å². The van der Waals surface area contributed by atoms with Crippen molar-refractivity contribution < 1.29 is 28.2 Å². The molecule has 0 saturated carbocycles. The maximum atomic E-state index is 14.6.